The van der Waals surface area contributed by atoms with Crippen LogP contribution in [0.2, 0.25) is 0 Å². The van der Waals surface area contributed by atoms with Crippen molar-refractivity contribution >= 4 is 21.8 Å². The summed E-state index contributed by atoms with van der Waals surface area (Å²) in [6.07, 6.45) is 6.74. The van der Waals surface area contributed by atoms with Gasteiger partial charge < -0.3 is 4.90 Å². The van der Waals surface area contributed by atoms with Crippen molar-refractivity contribution in [3.63, 3.8) is 0 Å². The highest BCUT2D eigenvalue weighted by Gasteiger charge is 2.68. The zero-order valence-electron chi connectivity index (χ0n) is 10.9. The Morgan fingerprint density at radius 2 is 1.89 bits per heavy atom. The van der Waals surface area contributed by atoms with Crippen LogP contribution in [-0.2, 0) is 4.79 Å². The summed E-state index contributed by atoms with van der Waals surface area (Å²) in [7, 11) is 0. The Hall–Kier alpha value is -0.0500. The summed E-state index contributed by atoms with van der Waals surface area (Å²) in [5.41, 5.74) is 0. The molecule has 0 N–H and O–H groups in total. The lowest BCUT2D eigenvalue weighted by atomic mass is 10.0. The molecule has 1 aliphatic heterocycles. The van der Waals surface area contributed by atoms with Crippen LogP contribution >= 0.6 is 15.9 Å². The average molecular weight is 312 g/mol. The molecule has 4 aliphatic rings. The van der Waals surface area contributed by atoms with Gasteiger partial charge in [-0.2, -0.15) is 0 Å². The van der Waals surface area contributed by atoms with Gasteiger partial charge in [0.25, 0.3) is 0 Å². The van der Waals surface area contributed by atoms with Gasteiger partial charge in [-0.05, 0) is 61.7 Å². The molecule has 2 bridgehead atoms. The molecule has 3 saturated carbocycles. The molecule has 1 heterocycles. The van der Waals surface area contributed by atoms with Crippen LogP contribution in [0.3, 0.4) is 0 Å². The van der Waals surface area contributed by atoms with Crippen LogP contribution in [0.15, 0.2) is 0 Å². The molecule has 5 unspecified atom stereocenters. The van der Waals surface area contributed by atoms with Gasteiger partial charge in [-0.25, -0.2) is 0 Å². The van der Waals surface area contributed by atoms with E-state index in [0.717, 1.165) is 48.0 Å². The molecule has 5 atom stereocenters. The van der Waals surface area contributed by atoms with Crippen LogP contribution in [-0.4, -0.2) is 29.2 Å². The van der Waals surface area contributed by atoms with Crippen molar-refractivity contribution in [2.75, 3.05) is 18.4 Å². The number of hydrogen-bond donors (Lipinski definition) is 0. The van der Waals surface area contributed by atoms with Gasteiger partial charge in [-0.1, -0.05) is 15.9 Å². The number of likely N-dealkylation sites (tertiary alicyclic amines) is 1. The van der Waals surface area contributed by atoms with Crippen molar-refractivity contribution in [3.8, 4) is 0 Å². The maximum absolute atomic E-state index is 12.6. The van der Waals surface area contributed by atoms with E-state index in [9.17, 15) is 4.79 Å². The van der Waals surface area contributed by atoms with Crippen molar-refractivity contribution in [3.05, 3.63) is 0 Å². The first-order valence-corrected chi connectivity index (χ1v) is 8.76. The van der Waals surface area contributed by atoms with E-state index in [1.54, 1.807) is 0 Å². The van der Waals surface area contributed by atoms with E-state index in [4.69, 9.17) is 0 Å². The highest BCUT2D eigenvalue weighted by Crippen LogP contribution is 2.69. The van der Waals surface area contributed by atoms with Crippen LogP contribution in [0.4, 0.5) is 0 Å². The maximum Gasteiger partial charge on any atom is 0.226 e. The van der Waals surface area contributed by atoms with Crippen molar-refractivity contribution in [1.82, 2.24) is 4.90 Å². The molecule has 1 amide bonds. The van der Waals surface area contributed by atoms with E-state index < -0.39 is 0 Å². The second-order valence-corrected chi connectivity index (χ2v) is 7.72. The molecule has 0 radical (unpaired) electrons. The van der Waals surface area contributed by atoms with E-state index in [0.29, 0.717) is 11.8 Å². The molecule has 0 aromatic heterocycles. The standard InChI is InChI=1S/C15H22BrNO/c16-5-3-9-4-6-17(8-9)15(18)14-12-10-1-2-11(7-10)13(12)14/h9-14H,1-8H2. The van der Waals surface area contributed by atoms with Crippen LogP contribution in [0.25, 0.3) is 0 Å². The average Bonchev–Trinajstić information content (AvgIpc) is 2.76. The molecule has 0 aromatic carbocycles. The normalized spacial score (nSPS) is 48.6. The minimum Gasteiger partial charge on any atom is -0.342 e. The molecule has 18 heavy (non-hydrogen) atoms. The van der Waals surface area contributed by atoms with Crippen LogP contribution in [0.1, 0.15) is 32.1 Å². The first kappa shape index (κ1) is 11.7. The van der Waals surface area contributed by atoms with Crippen LogP contribution < -0.4 is 0 Å². The number of nitrogens with zero attached hydrogens (tertiary/aromatic N) is 1. The van der Waals surface area contributed by atoms with Crippen molar-refractivity contribution < 1.29 is 4.79 Å². The lowest BCUT2D eigenvalue weighted by Gasteiger charge is -2.18. The highest BCUT2D eigenvalue weighted by atomic mass is 79.9. The van der Waals surface area contributed by atoms with E-state index in [-0.39, 0.29) is 0 Å². The molecule has 4 rings (SSSR count). The number of rotatable bonds is 3. The summed E-state index contributed by atoms with van der Waals surface area (Å²) in [5.74, 6) is 5.21. The first-order valence-electron chi connectivity index (χ1n) is 7.64. The summed E-state index contributed by atoms with van der Waals surface area (Å²) >= 11 is 3.52. The second-order valence-electron chi connectivity index (χ2n) is 6.93. The Labute approximate surface area is 118 Å². The monoisotopic (exact) mass is 311 g/mol. The van der Waals surface area contributed by atoms with Gasteiger partial charge in [-0.15, -0.1) is 0 Å². The lowest BCUT2D eigenvalue weighted by molar-refractivity contribution is -0.132. The fourth-order valence-corrected chi connectivity index (χ4v) is 5.94. The topological polar surface area (TPSA) is 20.3 Å². The van der Waals surface area contributed by atoms with Gasteiger partial charge in [-0.3, -0.25) is 4.79 Å². The first-order chi connectivity index (χ1) is 8.79. The predicted octanol–water partition coefficient (Wildman–Crippen LogP) is 2.91. The molecule has 3 aliphatic carbocycles. The van der Waals surface area contributed by atoms with Crippen LogP contribution in [0.5, 0.6) is 0 Å². The SMILES string of the molecule is O=C(C1C2C3CCC(C3)C12)N1CCC(CCBr)C1. The number of amides is 1. The molecule has 2 nitrogen and oxygen atoms in total. The fourth-order valence-electron chi connectivity index (χ4n) is 5.29. The Balaban J connectivity index is 1.38. The lowest BCUT2D eigenvalue weighted by Crippen LogP contribution is -2.32. The third-order valence-electron chi connectivity index (χ3n) is 6.14. The van der Waals surface area contributed by atoms with E-state index in [2.05, 4.69) is 20.8 Å². The zero-order chi connectivity index (χ0) is 12.3. The third-order valence-corrected chi connectivity index (χ3v) is 6.59. The van der Waals surface area contributed by atoms with Crippen molar-refractivity contribution in [2.24, 2.45) is 35.5 Å². The quantitative estimate of drug-likeness (QED) is 0.734. The van der Waals surface area contributed by atoms with Gasteiger partial charge in [0, 0.05) is 24.3 Å². The number of fused-ring (bicyclic) bond motifs is 5. The fraction of sp³-hybridized carbons (Fsp3) is 0.933. The minimum atomic E-state index is 0.457. The Kier molecular flexibility index (Phi) is 2.76. The third kappa shape index (κ3) is 1.62. The Morgan fingerprint density at radius 1 is 1.17 bits per heavy atom. The van der Waals surface area contributed by atoms with Gasteiger partial charge in [0.2, 0.25) is 5.91 Å². The number of carbonyl (C=O) groups excluding carboxylic acids is 1. The van der Waals surface area contributed by atoms with E-state index in [1.165, 1.54) is 32.1 Å². The Bertz CT molecular complexity index is 356. The van der Waals surface area contributed by atoms with Gasteiger partial charge in [0.1, 0.15) is 0 Å². The minimum absolute atomic E-state index is 0.457. The summed E-state index contributed by atoms with van der Waals surface area (Å²) in [4.78, 5) is 14.8. The number of halogens is 1. The molecule has 0 aromatic rings. The Morgan fingerprint density at radius 3 is 2.56 bits per heavy atom. The van der Waals surface area contributed by atoms with Gasteiger partial charge in [0.15, 0.2) is 0 Å². The number of hydrogen-bond acceptors (Lipinski definition) is 1. The molecule has 3 heteroatoms. The molecule has 100 valence electrons. The largest absolute Gasteiger partial charge is 0.342 e. The molecule has 4 fully saturated rings. The van der Waals surface area contributed by atoms with Crippen LogP contribution in [0, 0.1) is 35.5 Å². The van der Waals surface area contributed by atoms with Gasteiger partial charge in [0.05, 0.1) is 0 Å². The second kappa shape index (κ2) is 4.22. The van der Waals surface area contributed by atoms with E-state index >= 15 is 0 Å². The zero-order valence-corrected chi connectivity index (χ0v) is 12.4. The molecular formula is C15H22BrNO. The summed E-state index contributed by atoms with van der Waals surface area (Å²) < 4.78 is 0. The summed E-state index contributed by atoms with van der Waals surface area (Å²) in [6, 6.07) is 0. The smallest absolute Gasteiger partial charge is 0.226 e. The maximum atomic E-state index is 12.6. The predicted molar refractivity (Wildman–Crippen MR) is 74.4 cm³/mol. The summed E-state index contributed by atoms with van der Waals surface area (Å²) in [6.45, 7) is 2.07. The van der Waals surface area contributed by atoms with Gasteiger partial charge >= 0.3 is 0 Å². The molecule has 1 saturated heterocycles. The number of alkyl halides is 1. The van der Waals surface area contributed by atoms with Crippen molar-refractivity contribution in [2.45, 2.75) is 32.1 Å². The highest BCUT2D eigenvalue weighted by molar-refractivity contribution is 9.09. The molecular weight excluding hydrogens is 290 g/mol. The molecule has 0 spiro atoms. The summed E-state index contributed by atoms with van der Waals surface area (Å²) in [5, 5.41) is 1.08. The number of carbonyl (C=O) groups is 1. The van der Waals surface area contributed by atoms with E-state index in [1.807, 2.05) is 0 Å². The van der Waals surface area contributed by atoms with Crippen molar-refractivity contribution in [1.29, 1.82) is 0 Å².